The number of rotatable bonds is 8. The van der Waals surface area contributed by atoms with Crippen molar-refractivity contribution in [3.63, 3.8) is 0 Å². The summed E-state index contributed by atoms with van der Waals surface area (Å²) in [6, 6.07) is 12.4. The fourth-order valence-corrected chi connectivity index (χ4v) is 3.06. The van der Waals surface area contributed by atoms with Gasteiger partial charge in [0, 0.05) is 18.5 Å². The standard InChI is InChI=1S/C19H22FNO3S/c1-4-24-15-6-8-16(9-7-15)25-13-19(22)21(2)12-14-5-10-18(23-3)17(20)11-14/h5-11H,4,12-13H2,1-3H3. The number of thioether (sulfide) groups is 1. The number of carbonyl (C=O) groups is 1. The zero-order valence-corrected chi connectivity index (χ0v) is 15.4. The normalized spacial score (nSPS) is 10.4. The molecule has 2 aromatic rings. The van der Waals surface area contributed by atoms with Gasteiger partial charge in [-0.3, -0.25) is 4.79 Å². The van der Waals surface area contributed by atoms with Crippen molar-refractivity contribution >= 4 is 17.7 Å². The Morgan fingerprint density at radius 1 is 1.20 bits per heavy atom. The highest BCUT2D eigenvalue weighted by molar-refractivity contribution is 8.00. The van der Waals surface area contributed by atoms with Crippen LogP contribution in [0.5, 0.6) is 11.5 Å². The zero-order chi connectivity index (χ0) is 18.2. The highest BCUT2D eigenvalue weighted by Gasteiger charge is 2.11. The molecule has 0 unspecified atom stereocenters. The van der Waals surface area contributed by atoms with Gasteiger partial charge in [0.25, 0.3) is 0 Å². The van der Waals surface area contributed by atoms with Crippen LogP contribution in [0.4, 0.5) is 4.39 Å². The van der Waals surface area contributed by atoms with Gasteiger partial charge < -0.3 is 14.4 Å². The van der Waals surface area contributed by atoms with Crippen LogP contribution in [0.3, 0.4) is 0 Å². The molecule has 0 aliphatic rings. The number of carbonyl (C=O) groups excluding carboxylic acids is 1. The third-order valence-electron chi connectivity index (χ3n) is 3.56. The minimum Gasteiger partial charge on any atom is -0.494 e. The van der Waals surface area contributed by atoms with E-state index in [4.69, 9.17) is 9.47 Å². The highest BCUT2D eigenvalue weighted by atomic mass is 32.2. The SMILES string of the molecule is CCOc1ccc(SCC(=O)N(C)Cc2ccc(OC)c(F)c2)cc1. The lowest BCUT2D eigenvalue weighted by Gasteiger charge is -2.17. The van der Waals surface area contributed by atoms with Crippen molar-refractivity contribution in [1.29, 1.82) is 0 Å². The first kappa shape index (κ1) is 19.1. The maximum atomic E-state index is 13.7. The molecule has 0 saturated heterocycles. The molecule has 0 saturated carbocycles. The van der Waals surface area contributed by atoms with E-state index in [9.17, 15) is 9.18 Å². The Kier molecular flexibility index (Phi) is 7.13. The van der Waals surface area contributed by atoms with E-state index in [1.807, 2.05) is 31.2 Å². The summed E-state index contributed by atoms with van der Waals surface area (Å²) < 4.78 is 24.0. The lowest BCUT2D eigenvalue weighted by Crippen LogP contribution is -2.27. The number of methoxy groups -OCH3 is 1. The second-order valence-corrected chi connectivity index (χ2v) is 6.46. The molecule has 0 spiro atoms. The van der Waals surface area contributed by atoms with E-state index in [2.05, 4.69) is 0 Å². The van der Waals surface area contributed by atoms with Crippen LogP contribution >= 0.6 is 11.8 Å². The van der Waals surface area contributed by atoms with Gasteiger partial charge in [-0.25, -0.2) is 4.39 Å². The number of amides is 1. The van der Waals surface area contributed by atoms with Crippen LogP contribution in [-0.4, -0.2) is 37.3 Å². The summed E-state index contributed by atoms with van der Waals surface area (Å²) in [5, 5.41) is 0. The molecule has 0 radical (unpaired) electrons. The van der Waals surface area contributed by atoms with Gasteiger partial charge in [-0.15, -0.1) is 11.8 Å². The summed E-state index contributed by atoms with van der Waals surface area (Å²) in [5.41, 5.74) is 0.722. The summed E-state index contributed by atoms with van der Waals surface area (Å²) >= 11 is 1.46. The molecule has 0 aromatic heterocycles. The molecule has 4 nitrogen and oxygen atoms in total. The minimum atomic E-state index is -0.426. The highest BCUT2D eigenvalue weighted by Crippen LogP contribution is 2.22. The predicted molar refractivity (Wildman–Crippen MR) is 97.8 cm³/mol. The molecule has 0 fully saturated rings. The summed E-state index contributed by atoms with van der Waals surface area (Å²) in [5.74, 6) is 0.892. The molecule has 0 bridgehead atoms. The van der Waals surface area contributed by atoms with Crippen LogP contribution in [0.15, 0.2) is 47.4 Å². The van der Waals surface area contributed by atoms with Crippen LogP contribution in [0.1, 0.15) is 12.5 Å². The summed E-state index contributed by atoms with van der Waals surface area (Å²) in [4.78, 5) is 14.8. The number of hydrogen-bond donors (Lipinski definition) is 0. The monoisotopic (exact) mass is 363 g/mol. The summed E-state index contributed by atoms with van der Waals surface area (Å²) in [7, 11) is 3.13. The molecule has 2 aromatic carbocycles. The van der Waals surface area contributed by atoms with Gasteiger partial charge in [0.1, 0.15) is 5.75 Å². The van der Waals surface area contributed by atoms with E-state index in [1.54, 1.807) is 24.1 Å². The average molecular weight is 363 g/mol. The first-order valence-electron chi connectivity index (χ1n) is 7.95. The van der Waals surface area contributed by atoms with Gasteiger partial charge in [0.2, 0.25) is 5.91 Å². The molecule has 0 aliphatic heterocycles. The molecule has 25 heavy (non-hydrogen) atoms. The smallest absolute Gasteiger partial charge is 0.232 e. The van der Waals surface area contributed by atoms with E-state index < -0.39 is 5.82 Å². The van der Waals surface area contributed by atoms with Crippen LogP contribution in [0, 0.1) is 5.82 Å². The fraction of sp³-hybridized carbons (Fsp3) is 0.316. The van der Waals surface area contributed by atoms with Gasteiger partial charge in [0.05, 0.1) is 19.5 Å². The van der Waals surface area contributed by atoms with Crippen molar-refractivity contribution in [2.75, 3.05) is 26.5 Å². The van der Waals surface area contributed by atoms with Gasteiger partial charge in [-0.2, -0.15) is 0 Å². The Bertz CT molecular complexity index is 706. The summed E-state index contributed by atoms with van der Waals surface area (Å²) in [6.45, 7) is 2.91. The lowest BCUT2D eigenvalue weighted by molar-refractivity contribution is -0.127. The quantitative estimate of drug-likeness (QED) is 0.665. The third kappa shape index (κ3) is 5.67. The molecule has 1 amide bonds. The van der Waals surface area contributed by atoms with Crippen molar-refractivity contribution in [3.05, 3.63) is 53.8 Å². The predicted octanol–water partition coefficient (Wildman–Crippen LogP) is 3.98. The van der Waals surface area contributed by atoms with Gasteiger partial charge >= 0.3 is 0 Å². The van der Waals surface area contributed by atoms with Crippen LogP contribution in [0.25, 0.3) is 0 Å². The van der Waals surface area contributed by atoms with Crippen LogP contribution in [-0.2, 0) is 11.3 Å². The zero-order valence-electron chi connectivity index (χ0n) is 14.6. The molecule has 6 heteroatoms. The fourth-order valence-electron chi connectivity index (χ4n) is 2.22. The Balaban J connectivity index is 1.86. The number of halogens is 1. The largest absolute Gasteiger partial charge is 0.494 e. The Morgan fingerprint density at radius 2 is 1.92 bits per heavy atom. The number of hydrogen-bond acceptors (Lipinski definition) is 4. The molecular formula is C19H22FNO3S. The second kappa shape index (κ2) is 9.32. The first-order chi connectivity index (χ1) is 12.0. The Labute approximate surface area is 151 Å². The maximum absolute atomic E-state index is 13.7. The van der Waals surface area contributed by atoms with Crippen molar-refractivity contribution < 1.29 is 18.7 Å². The maximum Gasteiger partial charge on any atom is 0.232 e. The van der Waals surface area contributed by atoms with E-state index in [0.717, 1.165) is 16.2 Å². The molecule has 0 N–H and O–H groups in total. The molecule has 0 atom stereocenters. The Hall–Kier alpha value is -2.21. The molecule has 134 valence electrons. The molecule has 0 heterocycles. The number of nitrogens with zero attached hydrogens (tertiary/aromatic N) is 1. The number of benzene rings is 2. The average Bonchev–Trinajstić information content (AvgIpc) is 2.61. The van der Waals surface area contributed by atoms with Crippen molar-refractivity contribution in [3.8, 4) is 11.5 Å². The van der Waals surface area contributed by atoms with Crippen LogP contribution < -0.4 is 9.47 Å². The second-order valence-electron chi connectivity index (χ2n) is 5.41. The molecule has 0 aliphatic carbocycles. The topological polar surface area (TPSA) is 38.8 Å². The van der Waals surface area contributed by atoms with Gasteiger partial charge in [-0.1, -0.05) is 6.07 Å². The molecular weight excluding hydrogens is 341 g/mol. The molecule has 2 rings (SSSR count). The van der Waals surface area contributed by atoms with Gasteiger partial charge in [0.15, 0.2) is 11.6 Å². The number of ether oxygens (including phenoxy) is 2. The summed E-state index contributed by atoms with van der Waals surface area (Å²) in [6.07, 6.45) is 0. The van der Waals surface area contributed by atoms with Crippen LogP contribution in [0.2, 0.25) is 0 Å². The van der Waals surface area contributed by atoms with Gasteiger partial charge in [-0.05, 0) is 48.9 Å². The lowest BCUT2D eigenvalue weighted by atomic mass is 10.2. The minimum absolute atomic E-state index is 0.0184. The van der Waals surface area contributed by atoms with Crippen molar-refractivity contribution in [2.24, 2.45) is 0 Å². The Morgan fingerprint density at radius 3 is 2.52 bits per heavy atom. The first-order valence-corrected chi connectivity index (χ1v) is 8.94. The van der Waals surface area contributed by atoms with E-state index in [1.165, 1.54) is 24.9 Å². The van der Waals surface area contributed by atoms with E-state index in [-0.39, 0.29) is 11.7 Å². The van der Waals surface area contributed by atoms with Crippen molar-refractivity contribution in [1.82, 2.24) is 4.90 Å². The third-order valence-corrected chi connectivity index (χ3v) is 4.56. The van der Waals surface area contributed by atoms with E-state index >= 15 is 0 Å². The van der Waals surface area contributed by atoms with Crippen molar-refractivity contribution in [2.45, 2.75) is 18.4 Å². The van der Waals surface area contributed by atoms with E-state index in [0.29, 0.717) is 18.9 Å².